The maximum atomic E-state index is 11.0. The van der Waals surface area contributed by atoms with Gasteiger partial charge in [-0.05, 0) is 18.2 Å². The Kier molecular flexibility index (Phi) is 8.08. The Labute approximate surface area is 83.6 Å². The van der Waals surface area contributed by atoms with Crippen LogP contribution in [0.15, 0.2) is 0 Å². The summed E-state index contributed by atoms with van der Waals surface area (Å²) in [5.41, 5.74) is 0. The van der Waals surface area contributed by atoms with E-state index in [2.05, 4.69) is 16.5 Å². The molecule has 0 heterocycles. The summed E-state index contributed by atoms with van der Waals surface area (Å²) >= 11 is 5.32. The number of carbonyl (C=O) groups excluding carboxylic acids is 1. The Morgan fingerprint density at radius 1 is 1.62 bits per heavy atom. The van der Waals surface area contributed by atoms with Gasteiger partial charge in [-0.3, -0.25) is 4.79 Å². The number of ether oxygens (including phenoxy) is 2. The normalized spacial score (nSPS) is 12.5. The highest BCUT2D eigenvalue weighted by molar-refractivity contribution is 6.14. The van der Waals surface area contributed by atoms with Gasteiger partial charge in [0.25, 0.3) is 0 Å². The lowest BCUT2D eigenvalue weighted by Crippen LogP contribution is -2.36. The van der Waals surface area contributed by atoms with Crippen molar-refractivity contribution < 1.29 is 14.3 Å². The third kappa shape index (κ3) is 5.85. The second-order valence-electron chi connectivity index (χ2n) is 2.61. The van der Waals surface area contributed by atoms with Crippen LogP contribution in [0.1, 0.15) is 19.8 Å². The second-order valence-corrected chi connectivity index (χ2v) is 2.83. The molecule has 78 valence electrons. The van der Waals surface area contributed by atoms with Gasteiger partial charge in [-0.25, -0.2) is 4.84 Å². The molecule has 0 bridgehead atoms. The summed E-state index contributed by atoms with van der Waals surface area (Å²) in [6, 6.07) is -0.580. The highest BCUT2D eigenvalue weighted by atomic mass is 35.5. The van der Waals surface area contributed by atoms with E-state index in [0.29, 0.717) is 6.61 Å². The van der Waals surface area contributed by atoms with Crippen LogP contribution in [0.3, 0.4) is 0 Å². The van der Waals surface area contributed by atoms with E-state index in [1.54, 1.807) is 0 Å². The Bertz CT molecular complexity index is 143. The average Bonchev–Trinajstić information content (AvgIpc) is 2.17. The van der Waals surface area contributed by atoms with Gasteiger partial charge in [-0.15, -0.1) is 0 Å². The van der Waals surface area contributed by atoms with Crippen LogP contribution in [0.25, 0.3) is 0 Å². The molecule has 0 rings (SSSR count). The van der Waals surface area contributed by atoms with Gasteiger partial charge < -0.3 is 9.47 Å². The number of hydrogen-bond donors (Lipinski definition) is 1. The number of halogens is 1. The molecule has 5 heteroatoms. The SMILES string of the molecule is CCCCOC[C@@H](NCl)C(=O)OC. The van der Waals surface area contributed by atoms with Gasteiger partial charge in [0, 0.05) is 6.61 Å². The minimum atomic E-state index is -0.580. The molecule has 13 heavy (non-hydrogen) atoms. The third-order valence-electron chi connectivity index (χ3n) is 1.54. The number of nitrogens with one attached hydrogen (secondary N) is 1. The molecule has 0 fully saturated rings. The predicted molar refractivity (Wildman–Crippen MR) is 50.5 cm³/mol. The van der Waals surface area contributed by atoms with Crippen LogP contribution in [-0.4, -0.2) is 32.3 Å². The molecular weight excluding hydrogens is 194 g/mol. The molecule has 0 saturated heterocycles. The van der Waals surface area contributed by atoms with Crippen molar-refractivity contribution in [3.63, 3.8) is 0 Å². The van der Waals surface area contributed by atoms with Crippen LogP contribution in [0.5, 0.6) is 0 Å². The van der Waals surface area contributed by atoms with Gasteiger partial charge in [0.15, 0.2) is 0 Å². The van der Waals surface area contributed by atoms with Gasteiger partial charge in [0.2, 0.25) is 0 Å². The van der Waals surface area contributed by atoms with Gasteiger partial charge in [0.05, 0.1) is 13.7 Å². The fraction of sp³-hybridized carbons (Fsp3) is 0.875. The fourth-order valence-electron chi connectivity index (χ4n) is 0.734. The first-order valence-corrected chi connectivity index (χ1v) is 4.65. The van der Waals surface area contributed by atoms with Crippen LogP contribution in [0.4, 0.5) is 0 Å². The first kappa shape index (κ1) is 12.7. The van der Waals surface area contributed by atoms with E-state index in [4.69, 9.17) is 16.5 Å². The van der Waals surface area contributed by atoms with Gasteiger partial charge >= 0.3 is 5.97 Å². The van der Waals surface area contributed by atoms with E-state index >= 15 is 0 Å². The summed E-state index contributed by atoms with van der Waals surface area (Å²) in [6.07, 6.45) is 2.05. The average molecular weight is 210 g/mol. The minimum absolute atomic E-state index is 0.246. The Hall–Kier alpha value is -0.320. The van der Waals surface area contributed by atoms with Crippen LogP contribution >= 0.6 is 11.8 Å². The maximum Gasteiger partial charge on any atom is 0.326 e. The van der Waals surface area contributed by atoms with E-state index in [1.165, 1.54) is 7.11 Å². The highest BCUT2D eigenvalue weighted by Gasteiger charge is 2.17. The van der Waals surface area contributed by atoms with E-state index in [9.17, 15) is 4.79 Å². The minimum Gasteiger partial charge on any atom is -0.468 e. The Morgan fingerprint density at radius 2 is 2.31 bits per heavy atom. The molecule has 0 aromatic rings. The van der Waals surface area contributed by atoms with Crippen LogP contribution in [0.2, 0.25) is 0 Å². The van der Waals surface area contributed by atoms with Gasteiger partial charge in [-0.1, -0.05) is 13.3 Å². The van der Waals surface area contributed by atoms with E-state index in [1.807, 2.05) is 0 Å². The molecule has 0 spiro atoms. The van der Waals surface area contributed by atoms with Gasteiger partial charge in [-0.2, -0.15) is 0 Å². The van der Waals surface area contributed by atoms with Crippen LogP contribution in [0, 0.1) is 0 Å². The third-order valence-corrected chi connectivity index (χ3v) is 1.81. The largest absolute Gasteiger partial charge is 0.468 e. The molecule has 0 aromatic heterocycles. The lowest BCUT2D eigenvalue weighted by molar-refractivity contribution is -0.144. The standard InChI is InChI=1S/C8H16ClNO3/c1-3-4-5-13-6-7(10-9)8(11)12-2/h7,10H,3-6H2,1-2H3/t7-/m1/s1. The van der Waals surface area contributed by atoms with Crippen molar-refractivity contribution in [2.75, 3.05) is 20.3 Å². The zero-order valence-electron chi connectivity index (χ0n) is 8.01. The van der Waals surface area contributed by atoms with Crippen molar-refractivity contribution in [2.24, 2.45) is 0 Å². The number of hydrogen-bond acceptors (Lipinski definition) is 4. The van der Waals surface area contributed by atoms with E-state index in [-0.39, 0.29) is 6.61 Å². The number of unbranched alkanes of at least 4 members (excludes halogenated alkanes) is 1. The van der Waals surface area contributed by atoms with Crippen molar-refractivity contribution in [3.05, 3.63) is 0 Å². The topological polar surface area (TPSA) is 47.6 Å². The molecular formula is C8H16ClNO3. The predicted octanol–water partition coefficient (Wildman–Crippen LogP) is 1.09. The molecule has 4 nitrogen and oxygen atoms in total. The first-order chi connectivity index (χ1) is 6.26. The number of rotatable bonds is 7. The Morgan fingerprint density at radius 3 is 2.77 bits per heavy atom. The van der Waals surface area contributed by atoms with Crippen molar-refractivity contribution >= 4 is 17.7 Å². The van der Waals surface area contributed by atoms with E-state index in [0.717, 1.165) is 12.8 Å². The second kappa shape index (κ2) is 8.29. The van der Waals surface area contributed by atoms with Crippen LogP contribution in [-0.2, 0) is 14.3 Å². The number of methoxy groups -OCH3 is 1. The summed E-state index contributed by atoms with van der Waals surface area (Å²) in [6.45, 7) is 2.96. The summed E-state index contributed by atoms with van der Waals surface area (Å²) in [7, 11) is 1.32. The first-order valence-electron chi connectivity index (χ1n) is 4.28. The van der Waals surface area contributed by atoms with Crippen molar-refractivity contribution in [1.82, 2.24) is 4.84 Å². The molecule has 1 N–H and O–H groups in total. The molecule has 0 radical (unpaired) electrons. The molecule has 0 amide bonds. The number of esters is 1. The molecule has 0 saturated carbocycles. The molecule has 0 aliphatic rings. The monoisotopic (exact) mass is 209 g/mol. The number of carbonyl (C=O) groups is 1. The molecule has 0 aliphatic carbocycles. The molecule has 1 atom stereocenters. The fourth-order valence-corrected chi connectivity index (χ4v) is 0.886. The van der Waals surface area contributed by atoms with Crippen molar-refractivity contribution in [3.8, 4) is 0 Å². The zero-order valence-corrected chi connectivity index (χ0v) is 8.76. The molecule has 0 unspecified atom stereocenters. The summed E-state index contributed by atoms with van der Waals surface area (Å²) < 4.78 is 9.70. The molecule has 0 aromatic carbocycles. The van der Waals surface area contributed by atoms with Gasteiger partial charge in [0.1, 0.15) is 6.04 Å². The Balaban J connectivity index is 3.53. The zero-order chi connectivity index (χ0) is 10.1. The van der Waals surface area contributed by atoms with Crippen molar-refractivity contribution in [2.45, 2.75) is 25.8 Å². The maximum absolute atomic E-state index is 11.0. The van der Waals surface area contributed by atoms with Crippen molar-refractivity contribution in [1.29, 1.82) is 0 Å². The van der Waals surface area contributed by atoms with E-state index < -0.39 is 12.0 Å². The summed E-state index contributed by atoms with van der Waals surface area (Å²) in [4.78, 5) is 13.3. The molecule has 0 aliphatic heterocycles. The quantitative estimate of drug-likeness (QED) is 0.387. The lowest BCUT2D eigenvalue weighted by Gasteiger charge is -2.11. The highest BCUT2D eigenvalue weighted by Crippen LogP contribution is 1.94. The summed E-state index contributed by atoms with van der Waals surface area (Å²) in [5.74, 6) is -0.411. The van der Waals surface area contributed by atoms with Crippen LogP contribution < -0.4 is 4.84 Å². The summed E-state index contributed by atoms with van der Waals surface area (Å²) in [5, 5.41) is 0. The lowest BCUT2D eigenvalue weighted by atomic mass is 10.3. The smallest absolute Gasteiger partial charge is 0.326 e.